The zero-order valence-electron chi connectivity index (χ0n) is 21.4. The maximum atomic E-state index is 14.3. The average molecular weight is 579 g/mol. The summed E-state index contributed by atoms with van der Waals surface area (Å²) in [6.45, 7) is -0.941. The largest absolute Gasteiger partial charge is 0.366 e. The van der Waals surface area contributed by atoms with E-state index in [0.717, 1.165) is 33.3 Å². The number of carbonyl (C=O) groups excluding carboxylic acids is 4. The van der Waals surface area contributed by atoms with Gasteiger partial charge in [0, 0.05) is 17.1 Å². The Hall–Kier alpha value is -5.17. The van der Waals surface area contributed by atoms with Crippen molar-refractivity contribution in [1.82, 2.24) is 4.90 Å². The predicted octanol–water partition coefficient (Wildman–Crippen LogP) is 3.36. The van der Waals surface area contributed by atoms with E-state index >= 15 is 0 Å². The molecule has 0 aliphatic carbocycles. The molecule has 41 heavy (non-hydrogen) atoms. The lowest BCUT2D eigenvalue weighted by atomic mass is 10.0. The first-order valence-corrected chi connectivity index (χ1v) is 12.5. The van der Waals surface area contributed by atoms with Gasteiger partial charge in [-0.2, -0.15) is 5.53 Å². The van der Waals surface area contributed by atoms with Crippen LogP contribution < -0.4 is 21.0 Å². The maximum Gasteiger partial charge on any atom is 0.251 e. The second-order valence-electron chi connectivity index (χ2n) is 8.96. The number of nitrogens with zero attached hydrogens (tertiary/aromatic N) is 4. The second kappa shape index (κ2) is 12.3. The molecule has 1 heterocycles. The number of benzene rings is 3. The minimum absolute atomic E-state index is 0.0300. The number of amides is 4. The summed E-state index contributed by atoms with van der Waals surface area (Å²) in [5.74, 6) is -3.68. The molecule has 4 amide bonds. The number of carbonyl (C=O) groups is 4. The fourth-order valence-electron chi connectivity index (χ4n) is 4.40. The van der Waals surface area contributed by atoms with Gasteiger partial charge in [-0.15, -0.1) is 0 Å². The lowest BCUT2D eigenvalue weighted by molar-refractivity contribution is -0.143. The van der Waals surface area contributed by atoms with Gasteiger partial charge in [0.1, 0.15) is 31.3 Å². The Kier molecular flexibility index (Phi) is 8.68. The SMILES string of the molecule is N=CN(N=N)c1ccc(Cl)cc1N1CC(=O)N(C(Cc2ccccc2)C(=O)Nc2ccc(C(N)=O)c(F)c2)CC1=O. The lowest BCUT2D eigenvalue weighted by Crippen LogP contribution is -2.60. The Morgan fingerprint density at radius 2 is 1.83 bits per heavy atom. The number of piperazine rings is 1. The normalized spacial score (nSPS) is 13.9. The molecule has 14 heteroatoms. The molecule has 12 nitrogen and oxygen atoms in total. The molecule has 3 aromatic carbocycles. The van der Waals surface area contributed by atoms with Crippen molar-refractivity contribution >= 4 is 58.6 Å². The smallest absolute Gasteiger partial charge is 0.251 e. The highest BCUT2D eigenvalue weighted by molar-refractivity contribution is 6.31. The monoisotopic (exact) mass is 578 g/mol. The first-order chi connectivity index (χ1) is 19.6. The van der Waals surface area contributed by atoms with Crippen molar-refractivity contribution in [2.45, 2.75) is 12.5 Å². The lowest BCUT2D eigenvalue weighted by Gasteiger charge is -2.38. The Bertz CT molecular complexity index is 1530. The standard InChI is InChI=1S/C27H24ClFN8O4/c28-17-6-9-21(37(15-30)34-32)22(11-17)35-13-25(39)36(14-24(35)38)23(10-16-4-2-1-3-5-16)27(41)33-18-7-8-19(26(31)40)20(29)12-18/h1-9,11-12,15,23,30,32H,10,13-14H2,(H2,31,40)(H,33,41). The van der Waals surface area contributed by atoms with Crippen LogP contribution in [0, 0.1) is 16.8 Å². The Morgan fingerprint density at radius 3 is 2.46 bits per heavy atom. The fraction of sp³-hybridized carbons (Fsp3) is 0.148. The van der Waals surface area contributed by atoms with Gasteiger partial charge in [-0.05, 0) is 42.0 Å². The van der Waals surface area contributed by atoms with Crippen LogP contribution in [0.2, 0.25) is 5.02 Å². The molecule has 0 spiro atoms. The third-order valence-corrected chi connectivity index (χ3v) is 6.61. The molecule has 1 atom stereocenters. The quantitative estimate of drug-likeness (QED) is 0.125. The van der Waals surface area contributed by atoms with Gasteiger partial charge in [0.25, 0.3) is 5.91 Å². The van der Waals surface area contributed by atoms with Crippen LogP contribution in [0.15, 0.2) is 72.0 Å². The molecule has 1 unspecified atom stereocenters. The highest BCUT2D eigenvalue weighted by atomic mass is 35.5. The summed E-state index contributed by atoms with van der Waals surface area (Å²) >= 11 is 6.15. The van der Waals surface area contributed by atoms with Crippen LogP contribution >= 0.6 is 11.6 Å². The van der Waals surface area contributed by atoms with Crippen LogP contribution in [0.4, 0.5) is 21.5 Å². The van der Waals surface area contributed by atoms with Crippen molar-refractivity contribution < 1.29 is 23.6 Å². The van der Waals surface area contributed by atoms with Crippen molar-refractivity contribution in [3.8, 4) is 0 Å². The number of hydrogen-bond donors (Lipinski definition) is 4. The van der Waals surface area contributed by atoms with E-state index in [1.165, 1.54) is 24.3 Å². The molecular formula is C27H24ClFN8O4. The number of anilines is 3. The van der Waals surface area contributed by atoms with Gasteiger partial charge >= 0.3 is 0 Å². The van der Waals surface area contributed by atoms with Gasteiger partial charge in [-0.3, -0.25) is 29.5 Å². The van der Waals surface area contributed by atoms with Crippen molar-refractivity contribution in [2.24, 2.45) is 11.0 Å². The molecule has 4 rings (SSSR count). The van der Waals surface area contributed by atoms with Crippen molar-refractivity contribution in [2.75, 3.05) is 28.3 Å². The summed E-state index contributed by atoms with van der Waals surface area (Å²) in [7, 11) is 0. The summed E-state index contributed by atoms with van der Waals surface area (Å²) in [6.07, 6.45) is 0.816. The first kappa shape index (κ1) is 28.8. The van der Waals surface area contributed by atoms with Crippen LogP contribution in [0.3, 0.4) is 0 Å². The molecule has 0 aromatic heterocycles. The van der Waals surface area contributed by atoms with Crippen LogP contribution in [-0.4, -0.2) is 54.0 Å². The summed E-state index contributed by atoms with van der Waals surface area (Å²) in [5.41, 5.74) is 13.2. The van der Waals surface area contributed by atoms with Crippen LogP contribution in [0.1, 0.15) is 15.9 Å². The van der Waals surface area contributed by atoms with Crippen LogP contribution in [0.5, 0.6) is 0 Å². The van der Waals surface area contributed by atoms with E-state index in [-0.39, 0.29) is 34.1 Å². The number of nitrogens with two attached hydrogens (primary N) is 1. The highest BCUT2D eigenvalue weighted by Gasteiger charge is 2.39. The van der Waals surface area contributed by atoms with E-state index in [9.17, 15) is 23.6 Å². The fourth-order valence-corrected chi connectivity index (χ4v) is 4.56. The molecule has 0 radical (unpaired) electrons. The molecule has 1 aliphatic heterocycles. The summed E-state index contributed by atoms with van der Waals surface area (Å²) in [4.78, 5) is 54.0. The first-order valence-electron chi connectivity index (χ1n) is 12.1. The Morgan fingerprint density at radius 1 is 1.10 bits per heavy atom. The van der Waals surface area contributed by atoms with E-state index in [1.807, 2.05) is 0 Å². The molecule has 5 N–H and O–H groups in total. The molecule has 1 fully saturated rings. The highest BCUT2D eigenvalue weighted by Crippen LogP contribution is 2.34. The molecular weight excluding hydrogens is 555 g/mol. The van der Waals surface area contributed by atoms with E-state index in [0.29, 0.717) is 5.56 Å². The van der Waals surface area contributed by atoms with Gasteiger partial charge < -0.3 is 16.0 Å². The minimum Gasteiger partial charge on any atom is -0.366 e. The average Bonchev–Trinajstić information content (AvgIpc) is 2.94. The Balaban J connectivity index is 1.64. The zero-order chi connectivity index (χ0) is 29.7. The number of halogens is 2. The molecule has 210 valence electrons. The summed E-state index contributed by atoms with van der Waals surface area (Å²) < 4.78 is 14.3. The van der Waals surface area contributed by atoms with Crippen molar-refractivity contribution in [3.63, 3.8) is 0 Å². The summed E-state index contributed by atoms with van der Waals surface area (Å²) in [5, 5.41) is 14.5. The van der Waals surface area contributed by atoms with Crippen LogP contribution in [-0.2, 0) is 20.8 Å². The molecule has 1 aliphatic rings. The van der Waals surface area contributed by atoms with Gasteiger partial charge in [0.05, 0.1) is 16.9 Å². The summed E-state index contributed by atoms with van der Waals surface area (Å²) in [6, 6.07) is 15.4. The number of rotatable bonds is 10. The second-order valence-corrected chi connectivity index (χ2v) is 9.40. The topological polar surface area (TPSA) is 176 Å². The van der Waals surface area contributed by atoms with Gasteiger partial charge in [0.15, 0.2) is 0 Å². The van der Waals surface area contributed by atoms with E-state index in [4.69, 9.17) is 28.3 Å². The van der Waals surface area contributed by atoms with Crippen LogP contribution in [0.25, 0.3) is 0 Å². The van der Waals surface area contributed by atoms with Gasteiger partial charge in [0.2, 0.25) is 17.7 Å². The Labute approximate surface area is 238 Å². The van der Waals surface area contributed by atoms with E-state index in [2.05, 4.69) is 10.5 Å². The van der Waals surface area contributed by atoms with Crippen molar-refractivity contribution in [1.29, 1.82) is 10.9 Å². The maximum absolute atomic E-state index is 14.3. The van der Waals surface area contributed by atoms with Gasteiger partial charge in [-0.1, -0.05) is 47.2 Å². The molecule has 0 saturated carbocycles. The number of primary amides is 1. The predicted molar refractivity (Wildman–Crippen MR) is 149 cm³/mol. The minimum atomic E-state index is -1.16. The number of hydrogen-bond acceptors (Lipinski definition) is 7. The van der Waals surface area contributed by atoms with Gasteiger partial charge in [-0.25, -0.2) is 9.40 Å². The van der Waals surface area contributed by atoms with E-state index < -0.39 is 48.6 Å². The molecule has 1 saturated heterocycles. The third kappa shape index (κ3) is 6.36. The molecule has 3 aromatic rings. The third-order valence-electron chi connectivity index (χ3n) is 6.38. The molecule has 0 bridgehead atoms. The zero-order valence-corrected chi connectivity index (χ0v) is 22.1. The van der Waals surface area contributed by atoms with Crippen molar-refractivity contribution in [3.05, 3.63) is 88.7 Å². The number of nitrogens with one attached hydrogen (secondary N) is 3. The van der Waals surface area contributed by atoms with E-state index in [1.54, 1.807) is 30.3 Å².